The number of carbonyl (C=O) groups excluding carboxylic acids is 2. The van der Waals surface area contributed by atoms with Gasteiger partial charge in [-0.15, -0.1) is 0 Å². The number of ether oxygens (including phenoxy) is 5. The molecular formula is C35H30Cl4N2O8S. The summed E-state index contributed by atoms with van der Waals surface area (Å²) < 4.78 is 29.4. The van der Waals surface area contributed by atoms with Gasteiger partial charge in [0.2, 0.25) is 0 Å². The number of fused-ring (bicyclic) bond motifs is 1. The first-order chi connectivity index (χ1) is 23.9. The fourth-order valence-electron chi connectivity index (χ4n) is 5.15. The molecule has 0 N–H and O–H groups in total. The van der Waals surface area contributed by atoms with Crippen molar-refractivity contribution >= 4 is 75.8 Å². The van der Waals surface area contributed by atoms with Gasteiger partial charge >= 0.3 is 11.9 Å². The Bertz CT molecular complexity index is 2180. The van der Waals surface area contributed by atoms with Crippen molar-refractivity contribution in [2.24, 2.45) is 4.99 Å². The number of halogens is 4. The molecule has 0 spiro atoms. The van der Waals surface area contributed by atoms with Crippen molar-refractivity contribution in [3.05, 3.63) is 116 Å². The van der Waals surface area contributed by atoms with Crippen LogP contribution in [-0.4, -0.2) is 43.4 Å². The SMILES string of the molecule is CCOC(=O)C1=C(C)N=c2s/c(=C/c3cc(Cl)cc(Cl)c3OCc3ccc(Cl)cc3Cl)c(=O)n2[C@H]1c1ccc(OCC(=O)OC)c(OCC)c1. The van der Waals surface area contributed by atoms with Crippen LogP contribution in [0.25, 0.3) is 6.08 Å². The van der Waals surface area contributed by atoms with Crippen molar-refractivity contribution in [1.29, 1.82) is 0 Å². The molecule has 0 unspecified atom stereocenters. The quantitative estimate of drug-likeness (QED) is 0.142. The van der Waals surface area contributed by atoms with Gasteiger partial charge in [-0.3, -0.25) is 9.36 Å². The van der Waals surface area contributed by atoms with Crippen LogP contribution >= 0.6 is 57.7 Å². The maximum absolute atomic E-state index is 14.3. The number of thiazole rings is 1. The van der Waals surface area contributed by atoms with Gasteiger partial charge in [-0.1, -0.05) is 69.9 Å². The van der Waals surface area contributed by atoms with Gasteiger partial charge < -0.3 is 23.7 Å². The van der Waals surface area contributed by atoms with E-state index in [2.05, 4.69) is 9.73 Å². The molecule has 2 heterocycles. The first kappa shape index (κ1) is 37.3. The molecule has 15 heteroatoms. The number of hydrogen-bond donors (Lipinski definition) is 0. The van der Waals surface area contributed by atoms with Gasteiger partial charge in [0.15, 0.2) is 22.9 Å². The number of rotatable bonds is 12. The van der Waals surface area contributed by atoms with Crippen molar-refractivity contribution in [3.63, 3.8) is 0 Å². The summed E-state index contributed by atoms with van der Waals surface area (Å²) >= 11 is 26.5. The monoisotopic (exact) mass is 778 g/mol. The lowest BCUT2D eigenvalue weighted by atomic mass is 9.95. The number of nitrogens with zero attached hydrogens (tertiary/aromatic N) is 2. The summed E-state index contributed by atoms with van der Waals surface area (Å²) in [5.74, 6) is -0.357. The molecule has 0 radical (unpaired) electrons. The molecule has 10 nitrogen and oxygen atoms in total. The Balaban J connectivity index is 1.64. The number of aromatic nitrogens is 1. The predicted molar refractivity (Wildman–Crippen MR) is 193 cm³/mol. The first-order valence-electron chi connectivity index (χ1n) is 15.2. The van der Waals surface area contributed by atoms with Gasteiger partial charge in [0.05, 0.1) is 47.2 Å². The molecule has 0 aliphatic carbocycles. The highest BCUT2D eigenvalue weighted by molar-refractivity contribution is 7.07. The van der Waals surface area contributed by atoms with Crippen LogP contribution in [0.3, 0.4) is 0 Å². The topological polar surface area (TPSA) is 115 Å². The van der Waals surface area contributed by atoms with Gasteiger partial charge in [0.1, 0.15) is 12.4 Å². The predicted octanol–water partition coefficient (Wildman–Crippen LogP) is 6.94. The molecule has 50 heavy (non-hydrogen) atoms. The zero-order chi connectivity index (χ0) is 36.1. The summed E-state index contributed by atoms with van der Waals surface area (Å²) in [5.41, 5.74) is 1.72. The Labute approximate surface area is 311 Å². The van der Waals surface area contributed by atoms with E-state index in [0.717, 1.165) is 11.3 Å². The normalized spacial score (nSPS) is 14.2. The van der Waals surface area contributed by atoms with Gasteiger partial charge in [-0.25, -0.2) is 14.6 Å². The molecule has 3 aromatic carbocycles. The van der Waals surface area contributed by atoms with Crippen molar-refractivity contribution in [1.82, 2.24) is 4.57 Å². The van der Waals surface area contributed by atoms with Crippen LogP contribution in [-0.2, 0) is 25.7 Å². The highest BCUT2D eigenvalue weighted by Crippen LogP contribution is 2.37. The van der Waals surface area contributed by atoms with Crippen molar-refractivity contribution in [2.75, 3.05) is 26.9 Å². The molecule has 0 saturated heterocycles. The third kappa shape index (κ3) is 8.14. The van der Waals surface area contributed by atoms with E-state index < -0.39 is 23.5 Å². The Morgan fingerprint density at radius 2 is 1.68 bits per heavy atom. The number of carbonyl (C=O) groups is 2. The molecule has 5 rings (SSSR count). The molecule has 1 atom stereocenters. The van der Waals surface area contributed by atoms with Crippen LogP contribution in [0.5, 0.6) is 17.2 Å². The molecular weight excluding hydrogens is 750 g/mol. The van der Waals surface area contributed by atoms with E-state index in [4.69, 9.17) is 65.4 Å². The minimum atomic E-state index is -0.952. The summed E-state index contributed by atoms with van der Waals surface area (Å²) in [6, 6.07) is 12.2. The summed E-state index contributed by atoms with van der Waals surface area (Å²) in [4.78, 5) is 44.5. The van der Waals surface area contributed by atoms with Gasteiger partial charge in [-0.05, 0) is 68.8 Å². The third-order valence-corrected chi connectivity index (χ3v) is 9.45. The van der Waals surface area contributed by atoms with E-state index in [-0.39, 0.29) is 53.1 Å². The Hall–Kier alpha value is -4.00. The zero-order valence-corrected chi connectivity index (χ0v) is 31.0. The average molecular weight is 781 g/mol. The lowest BCUT2D eigenvalue weighted by molar-refractivity contribution is -0.143. The van der Waals surface area contributed by atoms with Crippen LogP contribution in [0.15, 0.2) is 69.6 Å². The number of allylic oxidation sites excluding steroid dienone is 1. The number of benzene rings is 3. The molecule has 1 aliphatic heterocycles. The fourth-order valence-corrected chi connectivity index (χ4v) is 7.22. The molecule has 262 valence electrons. The number of esters is 2. The largest absolute Gasteiger partial charge is 0.490 e. The van der Waals surface area contributed by atoms with Crippen LogP contribution in [0.4, 0.5) is 0 Å². The standard InChI is InChI=1S/C35H30Cl4N2O8S/c1-5-46-27-12-19(8-10-26(27)48-17-29(42)45-4)31-30(34(44)47-6-2)18(3)40-35-41(31)33(43)28(50-35)13-21-11-23(37)15-25(39)32(21)49-16-20-7-9-22(36)14-24(20)38/h7-15,31H,5-6,16-17H2,1-4H3/b28-13+/t31-/m0/s1. The van der Waals surface area contributed by atoms with E-state index in [1.54, 1.807) is 69.3 Å². The van der Waals surface area contributed by atoms with E-state index in [9.17, 15) is 14.4 Å². The number of methoxy groups -OCH3 is 1. The average Bonchev–Trinajstić information content (AvgIpc) is 3.37. The van der Waals surface area contributed by atoms with Crippen molar-refractivity contribution < 1.29 is 33.3 Å². The van der Waals surface area contributed by atoms with Gasteiger partial charge in [0, 0.05) is 26.2 Å². The molecule has 1 aliphatic rings. The second-order valence-corrected chi connectivity index (χ2v) is 13.3. The van der Waals surface area contributed by atoms with Gasteiger partial charge in [-0.2, -0.15) is 0 Å². The summed E-state index contributed by atoms with van der Waals surface area (Å²) in [6.45, 7) is 5.26. The van der Waals surface area contributed by atoms with E-state index >= 15 is 0 Å². The molecule has 4 aromatic rings. The first-order valence-corrected chi connectivity index (χ1v) is 17.5. The number of hydrogen-bond acceptors (Lipinski definition) is 10. The second kappa shape index (κ2) is 16.3. The fraction of sp³-hybridized carbons (Fsp3) is 0.257. The Kier molecular flexibility index (Phi) is 12.2. The van der Waals surface area contributed by atoms with Crippen molar-refractivity contribution in [2.45, 2.75) is 33.4 Å². The van der Waals surface area contributed by atoms with E-state index in [0.29, 0.717) is 48.0 Å². The smallest absolute Gasteiger partial charge is 0.343 e. The van der Waals surface area contributed by atoms with Crippen LogP contribution in [0.2, 0.25) is 20.1 Å². The highest BCUT2D eigenvalue weighted by Gasteiger charge is 2.34. The lowest BCUT2D eigenvalue weighted by Crippen LogP contribution is -2.40. The zero-order valence-electron chi connectivity index (χ0n) is 27.2. The second-order valence-electron chi connectivity index (χ2n) is 10.6. The van der Waals surface area contributed by atoms with Crippen LogP contribution in [0, 0.1) is 0 Å². The third-order valence-electron chi connectivity index (χ3n) is 7.38. The molecule has 0 fully saturated rings. The molecule has 0 amide bonds. The Morgan fingerprint density at radius 3 is 2.38 bits per heavy atom. The van der Waals surface area contributed by atoms with Crippen LogP contribution in [0.1, 0.15) is 43.5 Å². The Morgan fingerprint density at radius 1 is 0.920 bits per heavy atom. The van der Waals surface area contributed by atoms with Crippen LogP contribution < -0.4 is 29.1 Å². The maximum atomic E-state index is 14.3. The van der Waals surface area contributed by atoms with E-state index in [1.165, 1.54) is 17.7 Å². The molecule has 0 saturated carbocycles. The summed E-state index contributed by atoms with van der Waals surface area (Å²) in [5, 5.41) is 1.44. The minimum absolute atomic E-state index is 0.0586. The molecule has 0 bridgehead atoms. The minimum Gasteiger partial charge on any atom is -0.490 e. The maximum Gasteiger partial charge on any atom is 0.343 e. The van der Waals surface area contributed by atoms with Gasteiger partial charge in [0.25, 0.3) is 5.56 Å². The molecule has 1 aromatic heterocycles. The van der Waals surface area contributed by atoms with E-state index in [1.807, 2.05) is 0 Å². The summed E-state index contributed by atoms with van der Waals surface area (Å²) in [6.07, 6.45) is 1.61. The van der Waals surface area contributed by atoms with Crippen molar-refractivity contribution in [3.8, 4) is 17.2 Å². The highest BCUT2D eigenvalue weighted by atomic mass is 35.5. The lowest BCUT2D eigenvalue weighted by Gasteiger charge is -2.25. The summed E-state index contributed by atoms with van der Waals surface area (Å²) in [7, 11) is 1.26.